The Balaban J connectivity index is 1.87. The first-order valence-corrected chi connectivity index (χ1v) is 6.19. The molecule has 0 unspecified atom stereocenters. The third-order valence-corrected chi connectivity index (χ3v) is 3.74. The van der Waals surface area contributed by atoms with E-state index in [-0.39, 0.29) is 5.92 Å². The van der Waals surface area contributed by atoms with Gasteiger partial charge in [0.05, 0.1) is 15.8 Å². The predicted octanol–water partition coefficient (Wildman–Crippen LogP) is 2.96. The van der Waals surface area contributed by atoms with Crippen molar-refractivity contribution in [2.75, 3.05) is 13.2 Å². The van der Waals surface area contributed by atoms with Crippen LogP contribution < -0.4 is 0 Å². The van der Waals surface area contributed by atoms with Crippen molar-refractivity contribution in [3.63, 3.8) is 0 Å². The first kappa shape index (κ1) is 10.3. The van der Waals surface area contributed by atoms with E-state index in [9.17, 15) is 0 Å². The van der Waals surface area contributed by atoms with Gasteiger partial charge in [-0.2, -0.15) is 4.98 Å². The van der Waals surface area contributed by atoms with Crippen molar-refractivity contribution in [3.05, 3.63) is 22.3 Å². The Labute approximate surface area is 101 Å². The number of rotatable bonds is 2. The largest absolute Gasteiger partial charge is 0.381 e. The maximum Gasteiger partial charge on any atom is 0.268 e. The normalized spacial score (nSPS) is 20.4. The van der Waals surface area contributed by atoms with E-state index in [4.69, 9.17) is 20.9 Å². The molecular formula is C10H9ClN2O2S. The fraction of sp³-hybridized carbons (Fsp3) is 0.400. The molecule has 1 saturated heterocycles. The summed E-state index contributed by atoms with van der Waals surface area (Å²) < 4.78 is 11.2. The average molecular weight is 257 g/mol. The van der Waals surface area contributed by atoms with Crippen molar-refractivity contribution < 1.29 is 9.26 Å². The number of ether oxygens (including phenoxy) is 1. The van der Waals surface area contributed by atoms with E-state index in [1.54, 1.807) is 0 Å². The number of hydrogen-bond donors (Lipinski definition) is 0. The maximum absolute atomic E-state index is 5.85. The van der Waals surface area contributed by atoms with Crippen LogP contribution in [0, 0.1) is 0 Å². The second-order valence-corrected chi connectivity index (χ2v) is 5.34. The van der Waals surface area contributed by atoms with Crippen molar-refractivity contribution in [2.24, 2.45) is 0 Å². The molecule has 6 heteroatoms. The Bertz CT molecular complexity index is 490. The number of halogens is 1. The fourth-order valence-electron chi connectivity index (χ4n) is 1.67. The molecule has 0 N–H and O–H groups in total. The SMILES string of the molecule is Clc1ccc(-c2nc([C@@H]3CCOC3)no2)s1. The van der Waals surface area contributed by atoms with Crippen molar-refractivity contribution >= 4 is 22.9 Å². The minimum absolute atomic E-state index is 0.271. The number of hydrogen-bond acceptors (Lipinski definition) is 5. The van der Waals surface area contributed by atoms with Crippen LogP contribution in [0.15, 0.2) is 16.7 Å². The molecule has 0 bridgehead atoms. The molecule has 2 aromatic rings. The highest BCUT2D eigenvalue weighted by atomic mass is 35.5. The Morgan fingerprint density at radius 2 is 2.38 bits per heavy atom. The molecular weight excluding hydrogens is 248 g/mol. The summed E-state index contributed by atoms with van der Waals surface area (Å²) >= 11 is 7.29. The number of nitrogens with zero attached hydrogens (tertiary/aromatic N) is 2. The standard InChI is InChI=1S/C10H9ClN2O2S/c11-8-2-1-7(16-8)10-12-9(13-15-10)6-3-4-14-5-6/h1-2,6H,3-5H2/t6-/m1/s1. The second kappa shape index (κ2) is 4.16. The van der Waals surface area contributed by atoms with Crippen molar-refractivity contribution in [3.8, 4) is 10.8 Å². The van der Waals surface area contributed by atoms with Crippen LogP contribution >= 0.6 is 22.9 Å². The Morgan fingerprint density at radius 1 is 1.44 bits per heavy atom. The minimum Gasteiger partial charge on any atom is -0.381 e. The molecule has 0 saturated carbocycles. The van der Waals surface area contributed by atoms with Gasteiger partial charge in [0.15, 0.2) is 5.82 Å². The summed E-state index contributed by atoms with van der Waals surface area (Å²) in [6.45, 7) is 1.46. The van der Waals surface area contributed by atoms with Crippen LogP contribution in [-0.2, 0) is 4.74 Å². The van der Waals surface area contributed by atoms with Gasteiger partial charge in [-0.25, -0.2) is 0 Å². The maximum atomic E-state index is 5.85. The molecule has 0 spiro atoms. The van der Waals surface area contributed by atoms with Gasteiger partial charge in [-0.3, -0.25) is 0 Å². The lowest BCUT2D eigenvalue weighted by molar-refractivity contribution is 0.192. The summed E-state index contributed by atoms with van der Waals surface area (Å²) in [6, 6.07) is 3.71. The monoisotopic (exact) mass is 256 g/mol. The number of aromatic nitrogens is 2. The Morgan fingerprint density at radius 3 is 3.06 bits per heavy atom. The van der Waals surface area contributed by atoms with E-state index in [1.165, 1.54) is 11.3 Å². The van der Waals surface area contributed by atoms with Crippen LogP contribution in [0.25, 0.3) is 10.8 Å². The van der Waals surface area contributed by atoms with E-state index in [0.717, 1.165) is 28.1 Å². The molecule has 2 aromatic heterocycles. The minimum atomic E-state index is 0.271. The molecule has 1 aliphatic heterocycles. The molecule has 0 aromatic carbocycles. The van der Waals surface area contributed by atoms with Gasteiger partial charge in [0, 0.05) is 12.5 Å². The summed E-state index contributed by atoms with van der Waals surface area (Å²) in [7, 11) is 0. The molecule has 1 aliphatic rings. The average Bonchev–Trinajstić information content (AvgIpc) is 2.97. The fourth-order valence-corrected chi connectivity index (χ4v) is 2.63. The zero-order valence-corrected chi connectivity index (χ0v) is 9.92. The summed E-state index contributed by atoms with van der Waals surface area (Å²) in [4.78, 5) is 5.28. The third-order valence-electron chi connectivity index (χ3n) is 2.52. The van der Waals surface area contributed by atoms with Gasteiger partial charge in [0.25, 0.3) is 5.89 Å². The Kier molecular flexibility index (Phi) is 2.67. The first-order chi connectivity index (χ1) is 7.83. The molecule has 0 radical (unpaired) electrons. The van der Waals surface area contributed by atoms with Crippen LogP contribution in [-0.4, -0.2) is 23.4 Å². The van der Waals surface area contributed by atoms with Crippen molar-refractivity contribution in [1.82, 2.24) is 10.1 Å². The van der Waals surface area contributed by atoms with Crippen LogP contribution in [0.4, 0.5) is 0 Å². The zero-order valence-electron chi connectivity index (χ0n) is 8.35. The van der Waals surface area contributed by atoms with E-state index >= 15 is 0 Å². The van der Waals surface area contributed by atoms with E-state index in [1.807, 2.05) is 12.1 Å². The molecule has 84 valence electrons. The lowest BCUT2D eigenvalue weighted by Crippen LogP contribution is -1.99. The van der Waals surface area contributed by atoms with Gasteiger partial charge in [-0.1, -0.05) is 16.8 Å². The predicted molar refractivity (Wildman–Crippen MR) is 60.8 cm³/mol. The van der Waals surface area contributed by atoms with E-state index in [2.05, 4.69) is 10.1 Å². The van der Waals surface area contributed by atoms with E-state index in [0.29, 0.717) is 12.5 Å². The van der Waals surface area contributed by atoms with E-state index < -0.39 is 0 Å². The highest BCUT2D eigenvalue weighted by Crippen LogP contribution is 2.31. The van der Waals surface area contributed by atoms with Gasteiger partial charge in [0.2, 0.25) is 0 Å². The van der Waals surface area contributed by atoms with Gasteiger partial charge in [-0.05, 0) is 18.6 Å². The van der Waals surface area contributed by atoms with Crippen LogP contribution in [0.1, 0.15) is 18.2 Å². The molecule has 4 nitrogen and oxygen atoms in total. The quantitative estimate of drug-likeness (QED) is 0.829. The summed E-state index contributed by atoms with van der Waals surface area (Å²) in [5.74, 6) is 1.55. The van der Waals surface area contributed by atoms with Gasteiger partial charge in [0.1, 0.15) is 0 Å². The smallest absolute Gasteiger partial charge is 0.268 e. The van der Waals surface area contributed by atoms with Crippen molar-refractivity contribution in [2.45, 2.75) is 12.3 Å². The summed E-state index contributed by atoms with van der Waals surface area (Å²) in [6.07, 6.45) is 0.962. The van der Waals surface area contributed by atoms with Gasteiger partial charge in [-0.15, -0.1) is 11.3 Å². The topological polar surface area (TPSA) is 48.2 Å². The van der Waals surface area contributed by atoms with Crippen molar-refractivity contribution in [1.29, 1.82) is 0 Å². The lowest BCUT2D eigenvalue weighted by atomic mass is 10.1. The Hall–Kier alpha value is -0.910. The lowest BCUT2D eigenvalue weighted by Gasteiger charge is -1.97. The van der Waals surface area contributed by atoms with Crippen LogP contribution in [0.5, 0.6) is 0 Å². The zero-order chi connectivity index (χ0) is 11.0. The van der Waals surface area contributed by atoms with Gasteiger partial charge >= 0.3 is 0 Å². The molecule has 1 atom stereocenters. The molecule has 3 rings (SSSR count). The third kappa shape index (κ3) is 1.86. The highest BCUT2D eigenvalue weighted by molar-refractivity contribution is 7.19. The summed E-state index contributed by atoms with van der Waals surface area (Å²) in [5, 5.41) is 3.98. The number of thiophene rings is 1. The molecule has 0 aliphatic carbocycles. The van der Waals surface area contributed by atoms with Gasteiger partial charge < -0.3 is 9.26 Å². The first-order valence-electron chi connectivity index (χ1n) is 5.00. The summed E-state index contributed by atoms with van der Waals surface area (Å²) in [5.41, 5.74) is 0. The molecule has 16 heavy (non-hydrogen) atoms. The highest BCUT2D eigenvalue weighted by Gasteiger charge is 2.23. The second-order valence-electron chi connectivity index (χ2n) is 3.62. The molecule has 0 amide bonds. The van der Waals surface area contributed by atoms with Crippen LogP contribution in [0.2, 0.25) is 4.34 Å². The molecule has 3 heterocycles. The molecule has 1 fully saturated rings. The van der Waals surface area contributed by atoms with Crippen LogP contribution in [0.3, 0.4) is 0 Å².